The van der Waals surface area contributed by atoms with Crippen LogP contribution in [0.1, 0.15) is 9.75 Å². The van der Waals surface area contributed by atoms with Crippen molar-refractivity contribution in [3.63, 3.8) is 0 Å². The summed E-state index contributed by atoms with van der Waals surface area (Å²) in [7, 11) is 1.80. The molecule has 0 atom stereocenters. The Kier molecular flexibility index (Phi) is 5.03. The van der Waals surface area contributed by atoms with Gasteiger partial charge in [-0.1, -0.05) is 0 Å². The Labute approximate surface area is 118 Å². The van der Waals surface area contributed by atoms with Gasteiger partial charge in [-0.15, -0.1) is 11.3 Å². The van der Waals surface area contributed by atoms with Crippen molar-refractivity contribution in [1.29, 1.82) is 0 Å². The highest BCUT2D eigenvalue weighted by molar-refractivity contribution is 7.11. The molecule has 0 aromatic carbocycles. The second-order valence-electron chi connectivity index (χ2n) is 4.29. The van der Waals surface area contributed by atoms with Gasteiger partial charge in [0.1, 0.15) is 0 Å². The molecule has 2 aromatic rings. The zero-order chi connectivity index (χ0) is 13.5. The molecule has 2 N–H and O–H groups in total. The highest BCUT2D eigenvalue weighted by atomic mass is 32.1. The van der Waals surface area contributed by atoms with Crippen LogP contribution in [0.3, 0.4) is 0 Å². The zero-order valence-corrected chi connectivity index (χ0v) is 12.2. The number of guanidine groups is 1. The minimum absolute atomic E-state index is 0.821. The molecule has 0 radical (unpaired) electrons. The van der Waals surface area contributed by atoms with Gasteiger partial charge >= 0.3 is 0 Å². The largest absolute Gasteiger partial charge is 0.355 e. The predicted octanol–water partition coefficient (Wildman–Crippen LogP) is 2.22. The summed E-state index contributed by atoms with van der Waals surface area (Å²) in [5.41, 5.74) is 0. The minimum atomic E-state index is 0.821. The molecule has 5 heteroatoms. The van der Waals surface area contributed by atoms with Crippen LogP contribution in [0.5, 0.6) is 0 Å². The van der Waals surface area contributed by atoms with Gasteiger partial charge in [0.2, 0.25) is 0 Å². The lowest BCUT2D eigenvalue weighted by molar-refractivity contribution is 0.666. The molecule has 4 nitrogen and oxygen atoms in total. The van der Waals surface area contributed by atoms with E-state index in [-0.39, 0.29) is 0 Å². The van der Waals surface area contributed by atoms with Gasteiger partial charge in [-0.25, -0.2) is 0 Å². The van der Waals surface area contributed by atoms with E-state index in [9.17, 15) is 0 Å². The molecule has 19 heavy (non-hydrogen) atoms. The third-order valence-corrected chi connectivity index (χ3v) is 3.78. The van der Waals surface area contributed by atoms with Crippen LogP contribution < -0.4 is 10.6 Å². The Morgan fingerprint density at radius 2 is 2.05 bits per heavy atom. The second kappa shape index (κ2) is 6.99. The Hall–Kier alpha value is -1.75. The molecule has 0 aliphatic carbocycles. The van der Waals surface area contributed by atoms with Crippen molar-refractivity contribution in [3.05, 3.63) is 46.4 Å². The van der Waals surface area contributed by atoms with E-state index in [1.807, 2.05) is 23.5 Å². The number of aromatic nitrogens is 1. The first-order valence-corrected chi connectivity index (χ1v) is 7.20. The van der Waals surface area contributed by atoms with Crippen molar-refractivity contribution >= 4 is 17.3 Å². The van der Waals surface area contributed by atoms with Gasteiger partial charge in [0.25, 0.3) is 0 Å². The molecule has 0 spiro atoms. The average molecular weight is 276 g/mol. The molecule has 102 valence electrons. The number of rotatable bonds is 5. The molecule has 2 rings (SSSR count). The number of hydrogen-bond donors (Lipinski definition) is 2. The number of nitrogens with one attached hydrogen (secondary N) is 2. The highest BCUT2D eigenvalue weighted by Gasteiger charge is 2.00. The zero-order valence-electron chi connectivity index (χ0n) is 11.4. The Balaban J connectivity index is 1.71. The number of aryl methyl sites for hydroxylation is 1. The quantitative estimate of drug-likeness (QED) is 0.649. The van der Waals surface area contributed by atoms with Crippen molar-refractivity contribution in [2.45, 2.75) is 20.0 Å². The van der Waals surface area contributed by atoms with Crippen LogP contribution in [0.2, 0.25) is 0 Å². The summed E-state index contributed by atoms with van der Waals surface area (Å²) in [4.78, 5) is 6.88. The molecule has 0 aliphatic heterocycles. The molecule has 0 saturated heterocycles. The van der Waals surface area contributed by atoms with Crippen molar-refractivity contribution in [2.24, 2.45) is 4.99 Å². The SMILES string of the molecule is CN=C(NCCn1cccc1)NCc1ccc(C)s1. The Bertz CT molecular complexity index is 513. The van der Waals surface area contributed by atoms with Gasteiger partial charge in [0.15, 0.2) is 5.96 Å². The van der Waals surface area contributed by atoms with E-state index in [1.165, 1.54) is 9.75 Å². The van der Waals surface area contributed by atoms with Crippen molar-refractivity contribution in [1.82, 2.24) is 15.2 Å². The Morgan fingerprint density at radius 3 is 2.68 bits per heavy atom. The smallest absolute Gasteiger partial charge is 0.191 e. The lowest BCUT2D eigenvalue weighted by Gasteiger charge is -2.11. The van der Waals surface area contributed by atoms with Crippen molar-refractivity contribution in [2.75, 3.05) is 13.6 Å². The molecule has 0 bridgehead atoms. The summed E-state index contributed by atoms with van der Waals surface area (Å²) in [5.74, 6) is 0.846. The third-order valence-electron chi connectivity index (χ3n) is 2.78. The summed E-state index contributed by atoms with van der Waals surface area (Å²) >= 11 is 1.81. The highest BCUT2D eigenvalue weighted by Crippen LogP contribution is 2.14. The van der Waals surface area contributed by atoms with Crippen LogP contribution in [0, 0.1) is 6.92 Å². The molecule has 0 unspecified atom stereocenters. The van der Waals surface area contributed by atoms with Crippen LogP contribution in [0.4, 0.5) is 0 Å². The molecule has 0 fully saturated rings. The second-order valence-corrected chi connectivity index (χ2v) is 5.66. The van der Waals surface area contributed by atoms with E-state index in [2.05, 4.69) is 51.6 Å². The van der Waals surface area contributed by atoms with Crippen LogP contribution in [0.25, 0.3) is 0 Å². The summed E-state index contributed by atoms with van der Waals surface area (Å²) < 4.78 is 2.14. The number of thiophene rings is 1. The van der Waals surface area contributed by atoms with E-state index in [0.717, 1.165) is 25.6 Å². The van der Waals surface area contributed by atoms with E-state index in [1.54, 1.807) is 7.05 Å². The first-order chi connectivity index (χ1) is 9.28. The fraction of sp³-hybridized carbons (Fsp3) is 0.357. The number of hydrogen-bond acceptors (Lipinski definition) is 2. The van der Waals surface area contributed by atoms with Gasteiger partial charge in [-0.2, -0.15) is 0 Å². The molecular weight excluding hydrogens is 256 g/mol. The van der Waals surface area contributed by atoms with E-state index < -0.39 is 0 Å². The number of nitrogens with zero attached hydrogens (tertiary/aromatic N) is 2. The van der Waals surface area contributed by atoms with Crippen LogP contribution in [0.15, 0.2) is 41.7 Å². The maximum atomic E-state index is 4.22. The number of aliphatic imine (C=N–C) groups is 1. The first kappa shape index (κ1) is 13.7. The fourth-order valence-corrected chi connectivity index (χ4v) is 2.62. The Morgan fingerprint density at radius 1 is 1.26 bits per heavy atom. The van der Waals surface area contributed by atoms with Gasteiger partial charge in [0.05, 0.1) is 6.54 Å². The normalized spacial score (nSPS) is 11.6. The third kappa shape index (κ3) is 4.44. The van der Waals surface area contributed by atoms with E-state index in [4.69, 9.17) is 0 Å². The minimum Gasteiger partial charge on any atom is -0.355 e. The fourth-order valence-electron chi connectivity index (χ4n) is 1.79. The molecule has 0 amide bonds. The lowest BCUT2D eigenvalue weighted by Crippen LogP contribution is -2.38. The van der Waals surface area contributed by atoms with Gasteiger partial charge in [-0.05, 0) is 31.2 Å². The molecule has 0 saturated carbocycles. The van der Waals surface area contributed by atoms with Crippen LogP contribution in [-0.2, 0) is 13.1 Å². The summed E-state index contributed by atoms with van der Waals surface area (Å²) in [6, 6.07) is 8.36. The molecule has 0 aliphatic rings. The first-order valence-electron chi connectivity index (χ1n) is 6.38. The molecular formula is C14H20N4S. The predicted molar refractivity (Wildman–Crippen MR) is 81.7 cm³/mol. The van der Waals surface area contributed by atoms with E-state index in [0.29, 0.717) is 0 Å². The maximum Gasteiger partial charge on any atom is 0.191 e. The van der Waals surface area contributed by atoms with Crippen molar-refractivity contribution in [3.8, 4) is 0 Å². The molecule has 2 aromatic heterocycles. The maximum absolute atomic E-state index is 4.22. The summed E-state index contributed by atoms with van der Waals surface area (Å²) in [6.07, 6.45) is 4.12. The summed E-state index contributed by atoms with van der Waals surface area (Å²) in [6.45, 7) is 4.74. The van der Waals surface area contributed by atoms with Gasteiger partial charge in [-0.3, -0.25) is 4.99 Å². The van der Waals surface area contributed by atoms with Crippen LogP contribution >= 0.6 is 11.3 Å². The summed E-state index contributed by atoms with van der Waals surface area (Å²) in [5, 5.41) is 6.63. The monoisotopic (exact) mass is 276 g/mol. The van der Waals surface area contributed by atoms with Crippen LogP contribution in [-0.4, -0.2) is 24.1 Å². The van der Waals surface area contributed by atoms with Crippen molar-refractivity contribution < 1.29 is 0 Å². The van der Waals surface area contributed by atoms with Gasteiger partial charge < -0.3 is 15.2 Å². The van der Waals surface area contributed by atoms with E-state index >= 15 is 0 Å². The lowest BCUT2D eigenvalue weighted by atomic mass is 10.4. The topological polar surface area (TPSA) is 41.4 Å². The standard InChI is InChI=1S/C14H20N4S/c1-12-5-6-13(19-12)11-17-14(15-2)16-7-10-18-8-3-4-9-18/h3-6,8-9H,7,10-11H2,1-2H3,(H2,15,16,17). The average Bonchev–Trinajstić information content (AvgIpc) is 3.05. The van der Waals surface area contributed by atoms with Gasteiger partial charge in [0, 0.05) is 42.3 Å². The molecule has 2 heterocycles.